The van der Waals surface area contributed by atoms with E-state index in [1.807, 2.05) is 13.0 Å². The Morgan fingerprint density at radius 2 is 2.15 bits per heavy atom. The molecule has 0 spiro atoms. The molecule has 1 heterocycles. The fourth-order valence-corrected chi connectivity index (χ4v) is 2.03. The molecule has 0 radical (unpaired) electrons. The molecule has 0 saturated carbocycles. The Morgan fingerprint density at radius 1 is 1.45 bits per heavy atom. The van der Waals surface area contributed by atoms with Crippen LogP contribution in [-0.4, -0.2) is 21.0 Å². The molecule has 0 aliphatic carbocycles. The van der Waals surface area contributed by atoms with Gasteiger partial charge in [-0.05, 0) is 30.5 Å². The fraction of sp³-hybridized carbons (Fsp3) is 0.286. The van der Waals surface area contributed by atoms with Gasteiger partial charge < -0.3 is 10.8 Å². The van der Waals surface area contributed by atoms with Crippen molar-refractivity contribution in [2.24, 2.45) is 5.10 Å². The number of aromatic nitrogens is 2. The third kappa shape index (κ3) is 2.93. The van der Waals surface area contributed by atoms with E-state index >= 15 is 0 Å². The predicted molar refractivity (Wildman–Crippen MR) is 81.6 cm³/mol. The van der Waals surface area contributed by atoms with Crippen LogP contribution in [0.5, 0.6) is 5.75 Å². The van der Waals surface area contributed by atoms with E-state index in [2.05, 4.69) is 23.9 Å². The van der Waals surface area contributed by atoms with Crippen molar-refractivity contribution in [2.45, 2.75) is 26.7 Å². The summed E-state index contributed by atoms with van der Waals surface area (Å²) in [6.07, 6.45) is 3.22. The van der Waals surface area contributed by atoms with Crippen LogP contribution in [0.2, 0.25) is 5.02 Å². The molecule has 0 saturated heterocycles. The van der Waals surface area contributed by atoms with Gasteiger partial charge in [0.1, 0.15) is 5.75 Å². The summed E-state index contributed by atoms with van der Waals surface area (Å²) in [7, 11) is 0. The summed E-state index contributed by atoms with van der Waals surface area (Å²) in [5, 5.41) is 14.5. The minimum Gasteiger partial charge on any atom is -0.506 e. The number of halogens is 1. The van der Waals surface area contributed by atoms with Crippen molar-refractivity contribution in [3.05, 3.63) is 40.2 Å². The molecule has 3 N–H and O–H groups in total. The van der Waals surface area contributed by atoms with Crippen LogP contribution >= 0.6 is 11.6 Å². The van der Waals surface area contributed by atoms with Gasteiger partial charge in [-0.25, -0.2) is 9.66 Å². The number of aromatic hydroxyl groups is 1. The Bertz CT molecular complexity index is 661. The highest BCUT2D eigenvalue weighted by Gasteiger charge is 2.09. The number of aryl methyl sites for hydroxylation is 1. The Morgan fingerprint density at radius 3 is 2.70 bits per heavy atom. The van der Waals surface area contributed by atoms with Crippen LogP contribution < -0.4 is 5.73 Å². The van der Waals surface area contributed by atoms with Gasteiger partial charge >= 0.3 is 0 Å². The van der Waals surface area contributed by atoms with Crippen LogP contribution in [0.25, 0.3) is 0 Å². The Balaban J connectivity index is 2.40. The molecule has 0 fully saturated rings. The van der Waals surface area contributed by atoms with Crippen molar-refractivity contribution in [1.29, 1.82) is 0 Å². The van der Waals surface area contributed by atoms with E-state index in [0.29, 0.717) is 22.5 Å². The van der Waals surface area contributed by atoms with E-state index in [4.69, 9.17) is 17.3 Å². The number of imidazole rings is 1. The summed E-state index contributed by atoms with van der Waals surface area (Å²) in [5.74, 6) is 0.611. The molecule has 2 aromatic rings. The fourth-order valence-electron chi connectivity index (χ4n) is 1.79. The van der Waals surface area contributed by atoms with Gasteiger partial charge in [0.05, 0.1) is 23.1 Å². The lowest BCUT2D eigenvalue weighted by Gasteiger charge is -2.09. The number of benzene rings is 1. The molecule has 2 rings (SSSR count). The second kappa shape index (κ2) is 5.54. The quantitative estimate of drug-likeness (QED) is 0.853. The van der Waals surface area contributed by atoms with Crippen molar-refractivity contribution in [3.8, 4) is 5.75 Å². The molecule has 0 atom stereocenters. The second-order valence-electron chi connectivity index (χ2n) is 4.92. The molecule has 0 bridgehead atoms. The van der Waals surface area contributed by atoms with Gasteiger partial charge in [-0.2, -0.15) is 5.10 Å². The van der Waals surface area contributed by atoms with Crippen molar-refractivity contribution >= 4 is 23.8 Å². The zero-order valence-electron chi connectivity index (χ0n) is 11.6. The van der Waals surface area contributed by atoms with Crippen LogP contribution in [0.1, 0.15) is 36.6 Å². The topological polar surface area (TPSA) is 76.4 Å². The molecule has 0 aliphatic heterocycles. The first-order valence-corrected chi connectivity index (χ1v) is 6.64. The normalized spacial score (nSPS) is 11.7. The molecular weight excluding hydrogens is 276 g/mol. The van der Waals surface area contributed by atoms with Gasteiger partial charge in [0.15, 0.2) is 0 Å². The zero-order valence-corrected chi connectivity index (χ0v) is 12.4. The smallest absolute Gasteiger partial charge is 0.221 e. The predicted octanol–water partition coefficient (Wildman–Crippen LogP) is 3.14. The molecule has 5 nitrogen and oxygen atoms in total. The number of nitrogens with zero attached hydrogens (tertiary/aromatic N) is 3. The van der Waals surface area contributed by atoms with Crippen LogP contribution in [0.15, 0.2) is 23.4 Å². The molecule has 0 unspecified atom stereocenters. The van der Waals surface area contributed by atoms with E-state index < -0.39 is 0 Å². The second-order valence-corrected chi connectivity index (χ2v) is 5.33. The van der Waals surface area contributed by atoms with E-state index in [-0.39, 0.29) is 5.75 Å². The number of hydrogen-bond donors (Lipinski definition) is 2. The third-order valence-electron chi connectivity index (χ3n) is 2.94. The highest BCUT2D eigenvalue weighted by Crippen LogP contribution is 2.30. The number of nitrogen functional groups attached to an aromatic ring is 1. The van der Waals surface area contributed by atoms with Crippen LogP contribution in [-0.2, 0) is 0 Å². The highest BCUT2D eigenvalue weighted by atomic mass is 35.5. The van der Waals surface area contributed by atoms with Crippen LogP contribution in [0.4, 0.5) is 5.95 Å². The van der Waals surface area contributed by atoms with Gasteiger partial charge in [-0.3, -0.25) is 0 Å². The molecule has 6 heteroatoms. The summed E-state index contributed by atoms with van der Waals surface area (Å²) in [4.78, 5) is 4.05. The first-order chi connectivity index (χ1) is 9.38. The van der Waals surface area contributed by atoms with Gasteiger partial charge in [-0.15, -0.1) is 0 Å². The SMILES string of the molecule is Cc1cn(N=Cc2cc(C(C)C)cc(Cl)c2O)c(N)n1. The Kier molecular flexibility index (Phi) is 3.99. The largest absolute Gasteiger partial charge is 0.506 e. The average Bonchev–Trinajstić information content (AvgIpc) is 2.69. The van der Waals surface area contributed by atoms with E-state index in [1.165, 1.54) is 10.9 Å². The summed E-state index contributed by atoms with van der Waals surface area (Å²) in [5.41, 5.74) is 8.06. The molecule has 1 aromatic heterocycles. The van der Waals surface area contributed by atoms with Crippen molar-refractivity contribution in [2.75, 3.05) is 5.73 Å². The summed E-state index contributed by atoms with van der Waals surface area (Å²) < 4.78 is 1.45. The summed E-state index contributed by atoms with van der Waals surface area (Å²) in [6.45, 7) is 5.94. The number of rotatable bonds is 3. The number of hydrogen-bond acceptors (Lipinski definition) is 4. The third-order valence-corrected chi connectivity index (χ3v) is 3.23. The van der Waals surface area contributed by atoms with Crippen molar-refractivity contribution in [3.63, 3.8) is 0 Å². The van der Waals surface area contributed by atoms with Crippen LogP contribution in [0, 0.1) is 6.92 Å². The van der Waals surface area contributed by atoms with E-state index in [1.54, 1.807) is 12.3 Å². The Labute approximate surface area is 122 Å². The minimum absolute atomic E-state index is 0.00947. The standard InChI is InChI=1S/C14H17ClN4O/c1-8(2)10-4-11(13(20)12(15)5-10)6-17-19-7-9(3)18-14(19)16/h4-8,20H,1-3H3,(H2,16,18). The molecule has 0 amide bonds. The molecular formula is C14H17ClN4O. The molecule has 106 valence electrons. The number of nitrogens with two attached hydrogens (primary N) is 1. The van der Waals surface area contributed by atoms with Crippen molar-refractivity contribution in [1.82, 2.24) is 9.66 Å². The van der Waals surface area contributed by atoms with Gasteiger partial charge in [0, 0.05) is 5.56 Å². The number of anilines is 1. The molecule has 1 aromatic carbocycles. The maximum atomic E-state index is 9.98. The van der Waals surface area contributed by atoms with E-state index in [9.17, 15) is 5.11 Å². The average molecular weight is 293 g/mol. The summed E-state index contributed by atoms with van der Waals surface area (Å²) >= 11 is 6.02. The number of phenolic OH excluding ortho intramolecular Hbond substituents is 1. The van der Waals surface area contributed by atoms with Crippen molar-refractivity contribution < 1.29 is 5.11 Å². The highest BCUT2D eigenvalue weighted by molar-refractivity contribution is 6.32. The lowest BCUT2D eigenvalue weighted by atomic mass is 10.0. The lowest BCUT2D eigenvalue weighted by Crippen LogP contribution is -1.98. The Hall–Kier alpha value is -2.01. The van der Waals surface area contributed by atoms with Gasteiger partial charge in [0.2, 0.25) is 5.95 Å². The first-order valence-electron chi connectivity index (χ1n) is 6.26. The summed E-state index contributed by atoms with van der Waals surface area (Å²) in [6, 6.07) is 3.62. The van der Waals surface area contributed by atoms with Gasteiger partial charge in [-0.1, -0.05) is 25.4 Å². The monoisotopic (exact) mass is 292 g/mol. The maximum Gasteiger partial charge on any atom is 0.221 e. The lowest BCUT2D eigenvalue weighted by molar-refractivity contribution is 0.474. The van der Waals surface area contributed by atoms with E-state index in [0.717, 1.165) is 11.3 Å². The number of phenols is 1. The maximum absolute atomic E-state index is 9.98. The minimum atomic E-state index is 0.00947. The van der Waals surface area contributed by atoms with Crippen LogP contribution in [0.3, 0.4) is 0 Å². The molecule has 20 heavy (non-hydrogen) atoms. The van der Waals surface area contributed by atoms with Gasteiger partial charge in [0.25, 0.3) is 0 Å². The zero-order chi connectivity index (χ0) is 14.9. The molecule has 0 aliphatic rings. The first kappa shape index (κ1) is 14.4.